The lowest BCUT2D eigenvalue weighted by molar-refractivity contribution is -0.177. The molecule has 0 spiro atoms. The van der Waals surface area contributed by atoms with E-state index in [1.165, 1.54) is 14.2 Å². The Labute approximate surface area is 153 Å². The van der Waals surface area contributed by atoms with E-state index in [1.54, 1.807) is 6.07 Å². The second kappa shape index (κ2) is 8.96. The van der Waals surface area contributed by atoms with Gasteiger partial charge < -0.3 is 19.3 Å². The maximum Gasteiger partial charge on any atom is 0.375 e. The van der Waals surface area contributed by atoms with Gasteiger partial charge in [0.2, 0.25) is 0 Å². The molecule has 2 rings (SSSR count). The van der Waals surface area contributed by atoms with E-state index in [-0.39, 0.29) is 13.2 Å². The molecule has 0 amide bonds. The minimum absolute atomic E-state index is 0.0173. The third kappa shape index (κ3) is 3.97. The average Bonchev–Trinajstić information content (AvgIpc) is 2.65. The zero-order chi connectivity index (χ0) is 19.2. The Morgan fingerprint density at radius 1 is 1.23 bits per heavy atom. The van der Waals surface area contributed by atoms with Gasteiger partial charge in [-0.3, -0.25) is 4.79 Å². The Kier molecular flexibility index (Phi) is 6.94. The molecule has 0 bridgehead atoms. The van der Waals surface area contributed by atoms with Crippen molar-refractivity contribution in [2.45, 2.75) is 44.6 Å². The van der Waals surface area contributed by atoms with Crippen molar-refractivity contribution >= 4 is 17.8 Å². The fourth-order valence-corrected chi connectivity index (χ4v) is 3.33. The van der Waals surface area contributed by atoms with Crippen molar-refractivity contribution in [3.8, 4) is 0 Å². The first-order valence-corrected chi connectivity index (χ1v) is 8.77. The molecular weight excluding hydrogens is 336 g/mol. The van der Waals surface area contributed by atoms with E-state index in [4.69, 9.17) is 14.2 Å². The molecule has 1 N–H and O–H groups in total. The predicted octanol–water partition coefficient (Wildman–Crippen LogP) is 3.28. The topological polar surface area (TPSA) is 82.1 Å². The third-order valence-corrected chi connectivity index (χ3v) is 4.66. The summed E-state index contributed by atoms with van der Waals surface area (Å²) in [6, 6.07) is 5.58. The highest BCUT2D eigenvalue weighted by atomic mass is 16.7. The highest BCUT2D eigenvalue weighted by Gasteiger charge is 2.49. The highest BCUT2D eigenvalue weighted by Crippen LogP contribution is 2.42. The van der Waals surface area contributed by atoms with Crippen LogP contribution in [0, 0.1) is 0 Å². The number of aryl methyl sites for hydroxylation is 1. The minimum atomic E-state index is -1.65. The summed E-state index contributed by atoms with van der Waals surface area (Å²) < 4.78 is 16.1. The molecular formula is C20H26O6. The number of Topliss-reactive ketones (excluding diaryl/α,β-unsaturated/α-hetero) is 1. The fraction of sp³-hybridized carbons (Fsp3) is 0.500. The number of carbonyl (C=O) groups excluding carboxylic acids is 1. The molecule has 1 aromatic rings. The average molecular weight is 362 g/mol. The van der Waals surface area contributed by atoms with Crippen LogP contribution in [0.25, 0.3) is 6.08 Å². The number of carboxylic acid groups (broad SMARTS) is 1. The number of unbranched alkanes of at least 4 members (excludes halogenated alkanes) is 2. The summed E-state index contributed by atoms with van der Waals surface area (Å²) in [6.45, 7) is 1.94. The fourth-order valence-electron chi connectivity index (χ4n) is 3.33. The minimum Gasteiger partial charge on any atom is -0.501 e. The number of ketones is 1. The number of carbonyl (C=O) groups is 2. The van der Waals surface area contributed by atoms with Crippen molar-refractivity contribution in [1.82, 2.24) is 0 Å². The van der Waals surface area contributed by atoms with Crippen LogP contribution in [-0.4, -0.2) is 37.9 Å². The summed E-state index contributed by atoms with van der Waals surface area (Å²) in [5, 5.41) is 9.40. The number of rotatable bonds is 10. The monoisotopic (exact) mass is 362 g/mol. The molecule has 6 nitrogen and oxygen atoms in total. The van der Waals surface area contributed by atoms with Gasteiger partial charge in [-0.25, -0.2) is 4.79 Å². The number of methoxy groups -OCH3 is 2. The van der Waals surface area contributed by atoms with E-state index in [2.05, 4.69) is 6.92 Å². The second-order valence-corrected chi connectivity index (χ2v) is 6.34. The highest BCUT2D eigenvalue weighted by molar-refractivity contribution is 6.36. The van der Waals surface area contributed by atoms with Crippen LogP contribution in [0.2, 0.25) is 0 Å². The van der Waals surface area contributed by atoms with Crippen molar-refractivity contribution in [3.05, 3.63) is 40.6 Å². The Morgan fingerprint density at radius 3 is 2.62 bits per heavy atom. The van der Waals surface area contributed by atoms with Crippen LogP contribution in [0.4, 0.5) is 0 Å². The lowest BCUT2D eigenvalue weighted by Crippen LogP contribution is -2.45. The lowest BCUT2D eigenvalue weighted by Gasteiger charge is -2.36. The summed E-state index contributed by atoms with van der Waals surface area (Å²) in [6.07, 6.45) is 5.95. The quantitative estimate of drug-likeness (QED) is 0.391. The molecule has 6 heteroatoms. The largest absolute Gasteiger partial charge is 0.501 e. The molecule has 26 heavy (non-hydrogen) atoms. The Morgan fingerprint density at radius 2 is 2.00 bits per heavy atom. The molecule has 1 unspecified atom stereocenters. The molecule has 142 valence electrons. The Balaban J connectivity index is 2.59. The number of aliphatic carboxylic acids is 1. The number of carboxylic acids is 1. The first-order valence-electron chi connectivity index (χ1n) is 8.77. The van der Waals surface area contributed by atoms with Crippen molar-refractivity contribution in [1.29, 1.82) is 0 Å². The molecule has 0 radical (unpaired) electrons. The zero-order valence-corrected chi connectivity index (χ0v) is 15.5. The van der Waals surface area contributed by atoms with Crippen LogP contribution in [0.5, 0.6) is 0 Å². The molecule has 0 aliphatic heterocycles. The number of benzene rings is 1. The van der Waals surface area contributed by atoms with Gasteiger partial charge in [-0.05, 0) is 30.0 Å². The Bertz CT molecular complexity index is 694. The molecule has 1 aliphatic rings. The van der Waals surface area contributed by atoms with E-state index >= 15 is 0 Å². The van der Waals surface area contributed by atoms with Crippen LogP contribution >= 0.6 is 0 Å². The summed E-state index contributed by atoms with van der Waals surface area (Å²) in [4.78, 5) is 24.2. The van der Waals surface area contributed by atoms with Crippen LogP contribution in [0.3, 0.4) is 0 Å². The Hall–Kier alpha value is -2.18. The maximum atomic E-state index is 12.7. The second-order valence-electron chi connectivity index (χ2n) is 6.34. The standard InChI is InChI=1S/C20H26O6/c1-4-5-6-8-14-9-7-10-17-16(14)11-15(25-3)12-20(17,26-13-24-2)18(21)19(22)23/h7,9-11H,4-6,8,12-13H2,1-3H3,(H,22,23). The van der Waals surface area contributed by atoms with Crippen molar-refractivity contribution in [2.24, 2.45) is 0 Å². The molecule has 0 saturated heterocycles. The van der Waals surface area contributed by atoms with Crippen LogP contribution < -0.4 is 0 Å². The maximum absolute atomic E-state index is 12.7. The van der Waals surface area contributed by atoms with Crippen molar-refractivity contribution < 1.29 is 28.9 Å². The van der Waals surface area contributed by atoms with Crippen LogP contribution in [-0.2, 0) is 35.8 Å². The zero-order valence-electron chi connectivity index (χ0n) is 15.5. The van der Waals surface area contributed by atoms with E-state index in [9.17, 15) is 14.7 Å². The van der Waals surface area contributed by atoms with Gasteiger partial charge in [-0.1, -0.05) is 38.0 Å². The number of hydrogen-bond donors (Lipinski definition) is 1. The number of hydrogen-bond acceptors (Lipinski definition) is 5. The van der Waals surface area contributed by atoms with Gasteiger partial charge in [0.05, 0.1) is 12.9 Å². The van der Waals surface area contributed by atoms with Gasteiger partial charge in [-0.15, -0.1) is 0 Å². The normalized spacial score (nSPS) is 18.8. The summed E-state index contributed by atoms with van der Waals surface area (Å²) >= 11 is 0. The predicted molar refractivity (Wildman–Crippen MR) is 96.6 cm³/mol. The smallest absolute Gasteiger partial charge is 0.375 e. The summed E-state index contributed by atoms with van der Waals surface area (Å²) in [7, 11) is 2.93. The van der Waals surface area contributed by atoms with E-state index < -0.39 is 17.4 Å². The van der Waals surface area contributed by atoms with Crippen LogP contribution in [0.15, 0.2) is 24.0 Å². The molecule has 1 aromatic carbocycles. The lowest BCUT2D eigenvalue weighted by atomic mass is 9.77. The van der Waals surface area contributed by atoms with E-state index in [0.717, 1.165) is 36.8 Å². The third-order valence-electron chi connectivity index (χ3n) is 4.66. The summed E-state index contributed by atoms with van der Waals surface area (Å²) in [5.74, 6) is -2.06. The van der Waals surface area contributed by atoms with Gasteiger partial charge in [0, 0.05) is 19.1 Å². The van der Waals surface area contributed by atoms with Gasteiger partial charge in [-0.2, -0.15) is 0 Å². The van der Waals surface area contributed by atoms with Crippen molar-refractivity contribution in [2.75, 3.05) is 21.0 Å². The molecule has 1 aliphatic carbocycles. The van der Waals surface area contributed by atoms with Crippen molar-refractivity contribution in [3.63, 3.8) is 0 Å². The van der Waals surface area contributed by atoms with E-state index in [1.807, 2.05) is 18.2 Å². The number of ether oxygens (including phenoxy) is 3. The number of fused-ring (bicyclic) bond motifs is 1. The van der Waals surface area contributed by atoms with E-state index in [0.29, 0.717) is 11.3 Å². The first kappa shape index (κ1) is 20.1. The SMILES string of the molecule is CCCCCc1cccc2c1C=C(OC)CC2(OCOC)C(=O)C(=O)O. The van der Waals surface area contributed by atoms with Gasteiger partial charge in [0.15, 0.2) is 5.60 Å². The van der Waals surface area contributed by atoms with Crippen LogP contribution in [0.1, 0.15) is 49.3 Å². The van der Waals surface area contributed by atoms with Gasteiger partial charge in [0.1, 0.15) is 6.79 Å². The van der Waals surface area contributed by atoms with Gasteiger partial charge >= 0.3 is 5.97 Å². The molecule has 0 fully saturated rings. The summed E-state index contributed by atoms with van der Waals surface area (Å²) in [5.41, 5.74) is 0.751. The first-order chi connectivity index (χ1) is 12.5. The molecule has 1 atom stereocenters. The van der Waals surface area contributed by atoms with Gasteiger partial charge in [0.25, 0.3) is 5.78 Å². The molecule has 0 saturated carbocycles. The molecule has 0 heterocycles. The molecule has 0 aromatic heterocycles.